The van der Waals surface area contributed by atoms with E-state index in [-0.39, 0.29) is 56.5 Å². The van der Waals surface area contributed by atoms with Crippen molar-refractivity contribution in [3.05, 3.63) is 101 Å². The maximum Gasteiger partial charge on any atom is 0.255 e. The zero-order valence-electron chi connectivity index (χ0n) is 23.6. The third-order valence-corrected chi connectivity index (χ3v) is 7.01. The minimum Gasteiger partial charge on any atom is -0.491 e. The Labute approximate surface area is 244 Å². The second-order valence-corrected chi connectivity index (χ2v) is 9.95. The van der Waals surface area contributed by atoms with Crippen LogP contribution in [0.5, 0.6) is 5.75 Å². The first-order chi connectivity index (χ1) is 20.3. The summed E-state index contributed by atoms with van der Waals surface area (Å²) >= 11 is 0. The zero-order valence-corrected chi connectivity index (χ0v) is 23.6. The van der Waals surface area contributed by atoms with Crippen molar-refractivity contribution in [2.75, 3.05) is 32.8 Å². The van der Waals surface area contributed by atoms with Crippen LogP contribution in [0.4, 0.5) is 4.39 Å². The summed E-state index contributed by atoms with van der Waals surface area (Å²) in [4.78, 5) is 56.7. The van der Waals surface area contributed by atoms with Gasteiger partial charge < -0.3 is 25.2 Å². The third-order valence-electron chi connectivity index (χ3n) is 7.01. The van der Waals surface area contributed by atoms with Crippen LogP contribution in [0.15, 0.2) is 78.9 Å². The molecule has 1 aliphatic rings. The van der Waals surface area contributed by atoms with Gasteiger partial charge in [-0.05, 0) is 48.7 Å². The Balaban J connectivity index is 1.59. The van der Waals surface area contributed by atoms with Gasteiger partial charge in [0.2, 0.25) is 17.7 Å². The maximum absolute atomic E-state index is 13.7. The molecular weight excluding hydrogens is 539 g/mol. The summed E-state index contributed by atoms with van der Waals surface area (Å²) < 4.78 is 19.1. The van der Waals surface area contributed by atoms with Crippen LogP contribution in [0.1, 0.15) is 34.8 Å². The molecule has 0 fully saturated rings. The van der Waals surface area contributed by atoms with E-state index < -0.39 is 23.8 Å². The molecule has 2 N–H and O–H groups in total. The lowest BCUT2D eigenvalue weighted by molar-refractivity contribution is -0.142. The second kappa shape index (κ2) is 14.8. The molecule has 1 aliphatic heterocycles. The van der Waals surface area contributed by atoms with Crippen molar-refractivity contribution in [1.82, 2.24) is 20.4 Å². The van der Waals surface area contributed by atoms with Gasteiger partial charge in [0.1, 0.15) is 30.8 Å². The van der Waals surface area contributed by atoms with E-state index in [0.717, 1.165) is 11.1 Å². The van der Waals surface area contributed by atoms with Gasteiger partial charge in [-0.15, -0.1) is 0 Å². The van der Waals surface area contributed by atoms with Crippen LogP contribution in [0.2, 0.25) is 0 Å². The molecule has 0 bridgehead atoms. The van der Waals surface area contributed by atoms with Crippen molar-refractivity contribution in [2.45, 2.75) is 32.4 Å². The molecule has 0 aliphatic carbocycles. The Morgan fingerprint density at radius 3 is 2.38 bits per heavy atom. The zero-order chi connectivity index (χ0) is 29.9. The van der Waals surface area contributed by atoms with Crippen LogP contribution in [-0.4, -0.2) is 72.3 Å². The molecule has 0 spiro atoms. The molecule has 0 aromatic heterocycles. The first kappa shape index (κ1) is 30.2. The summed E-state index contributed by atoms with van der Waals surface area (Å²) in [5.74, 6) is -1.86. The van der Waals surface area contributed by atoms with Crippen molar-refractivity contribution < 1.29 is 28.3 Å². The second-order valence-electron chi connectivity index (χ2n) is 9.95. The van der Waals surface area contributed by atoms with E-state index in [0.29, 0.717) is 18.7 Å². The predicted octanol–water partition coefficient (Wildman–Crippen LogP) is 2.94. The highest BCUT2D eigenvalue weighted by Crippen LogP contribution is 2.19. The average Bonchev–Trinajstić information content (AvgIpc) is 2.99. The Bertz CT molecular complexity index is 1380. The first-order valence-electron chi connectivity index (χ1n) is 14.0. The van der Waals surface area contributed by atoms with Crippen LogP contribution < -0.4 is 15.4 Å². The summed E-state index contributed by atoms with van der Waals surface area (Å²) in [5, 5.41) is 5.49. The highest BCUT2D eigenvalue weighted by molar-refractivity contribution is 6.01. The molecule has 3 aromatic carbocycles. The molecule has 4 amide bonds. The van der Waals surface area contributed by atoms with Crippen LogP contribution in [-0.2, 0) is 27.3 Å². The van der Waals surface area contributed by atoms with E-state index in [2.05, 4.69) is 10.6 Å². The van der Waals surface area contributed by atoms with Crippen molar-refractivity contribution in [2.24, 2.45) is 0 Å². The van der Waals surface area contributed by atoms with E-state index in [1.54, 1.807) is 41.3 Å². The highest BCUT2D eigenvalue weighted by Gasteiger charge is 2.30. The number of hydrogen-bond acceptors (Lipinski definition) is 5. The summed E-state index contributed by atoms with van der Waals surface area (Å²) in [6, 6.07) is 20.6. The number of carbonyl (C=O) groups excluding carboxylic acids is 4. The number of para-hydroxylation sites is 1. The largest absolute Gasteiger partial charge is 0.491 e. The number of halogens is 1. The van der Waals surface area contributed by atoms with Gasteiger partial charge in [-0.1, -0.05) is 54.6 Å². The molecule has 9 nitrogen and oxygen atoms in total. The molecule has 1 atom stereocenters. The number of ether oxygens (including phenoxy) is 1. The normalized spacial score (nSPS) is 16.6. The highest BCUT2D eigenvalue weighted by atomic mass is 19.1. The molecule has 3 aromatic rings. The number of carbonyl (C=O) groups is 4. The first-order valence-corrected chi connectivity index (χ1v) is 14.0. The molecule has 0 radical (unpaired) electrons. The lowest BCUT2D eigenvalue weighted by Crippen LogP contribution is -2.51. The van der Waals surface area contributed by atoms with Gasteiger partial charge >= 0.3 is 0 Å². The fourth-order valence-corrected chi connectivity index (χ4v) is 4.66. The van der Waals surface area contributed by atoms with Crippen molar-refractivity contribution in [3.8, 4) is 5.75 Å². The number of benzene rings is 3. The Hall–Kier alpha value is -4.73. The van der Waals surface area contributed by atoms with Crippen molar-refractivity contribution >= 4 is 23.6 Å². The molecule has 220 valence electrons. The molecule has 0 unspecified atom stereocenters. The van der Waals surface area contributed by atoms with Crippen molar-refractivity contribution in [1.29, 1.82) is 0 Å². The summed E-state index contributed by atoms with van der Waals surface area (Å²) in [5.41, 5.74) is 1.85. The lowest BCUT2D eigenvalue weighted by Gasteiger charge is -2.29. The Morgan fingerprint density at radius 1 is 0.929 bits per heavy atom. The van der Waals surface area contributed by atoms with E-state index in [1.807, 2.05) is 37.3 Å². The number of nitrogens with zero attached hydrogens (tertiary/aromatic N) is 2. The number of nitrogens with one attached hydrogen (secondary N) is 2. The van der Waals surface area contributed by atoms with Crippen molar-refractivity contribution in [3.63, 3.8) is 0 Å². The minimum atomic E-state index is -1.22. The quantitative estimate of drug-likeness (QED) is 0.451. The standard InChI is InChI=1S/C32H35FN4O5/c1-2-36-18-19-42-28-11-7-6-10-26(28)31(40)35-27(32(41)34-17-16-23-12-14-25(33)15-13-23)20-29(38)37(22-30(36)39)21-24-8-4-3-5-9-24/h3-15,27H,2,16-22H2,1H3,(H,34,41)(H,35,40)/t27-/m0/s1. The Morgan fingerprint density at radius 2 is 1.64 bits per heavy atom. The molecule has 4 rings (SSSR count). The van der Waals surface area contributed by atoms with Gasteiger partial charge in [0.25, 0.3) is 5.91 Å². The topological polar surface area (TPSA) is 108 Å². The van der Waals surface area contributed by atoms with E-state index in [4.69, 9.17) is 4.74 Å². The van der Waals surface area contributed by atoms with Gasteiger partial charge in [0.15, 0.2) is 0 Å². The smallest absolute Gasteiger partial charge is 0.255 e. The molecule has 10 heteroatoms. The van der Waals surface area contributed by atoms with Gasteiger partial charge in [-0.2, -0.15) is 0 Å². The third kappa shape index (κ3) is 8.39. The number of amides is 4. The molecular formula is C32H35FN4O5. The summed E-state index contributed by atoms with van der Waals surface area (Å²) in [6.45, 7) is 2.86. The molecule has 42 heavy (non-hydrogen) atoms. The average molecular weight is 575 g/mol. The van der Waals surface area contributed by atoms with E-state index in [1.165, 1.54) is 17.0 Å². The lowest BCUT2D eigenvalue weighted by atomic mass is 10.1. The van der Waals surface area contributed by atoms with Gasteiger partial charge in [0, 0.05) is 19.6 Å². The molecule has 1 heterocycles. The number of hydrogen-bond donors (Lipinski definition) is 2. The fraction of sp³-hybridized carbons (Fsp3) is 0.312. The van der Waals surface area contributed by atoms with Gasteiger partial charge in [-0.3, -0.25) is 19.2 Å². The molecule has 0 saturated carbocycles. The van der Waals surface area contributed by atoms with Crippen LogP contribution in [0.3, 0.4) is 0 Å². The van der Waals surface area contributed by atoms with Crippen LogP contribution in [0.25, 0.3) is 0 Å². The van der Waals surface area contributed by atoms with Gasteiger partial charge in [0.05, 0.1) is 18.5 Å². The SMILES string of the molecule is CCN1CCOc2ccccc2C(=O)N[C@H](C(=O)NCCc2ccc(F)cc2)CC(=O)N(Cc2ccccc2)CC1=O. The van der Waals surface area contributed by atoms with E-state index >= 15 is 0 Å². The number of likely N-dealkylation sites (N-methyl/N-ethyl adjacent to an activating group) is 1. The maximum atomic E-state index is 13.7. The number of rotatable bonds is 7. The van der Waals surface area contributed by atoms with E-state index in [9.17, 15) is 23.6 Å². The summed E-state index contributed by atoms with van der Waals surface area (Å²) in [7, 11) is 0. The monoisotopic (exact) mass is 574 g/mol. The minimum absolute atomic E-state index is 0.143. The molecule has 0 saturated heterocycles. The predicted molar refractivity (Wildman–Crippen MR) is 155 cm³/mol. The summed E-state index contributed by atoms with van der Waals surface area (Å²) in [6.07, 6.45) is 0.0716. The number of fused-ring (bicyclic) bond motifs is 1. The van der Waals surface area contributed by atoms with Crippen LogP contribution in [0, 0.1) is 5.82 Å². The fourth-order valence-electron chi connectivity index (χ4n) is 4.66. The van der Waals surface area contributed by atoms with Gasteiger partial charge in [-0.25, -0.2) is 4.39 Å². The Kier molecular flexibility index (Phi) is 10.6. The van der Waals surface area contributed by atoms with Crippen LogP contribution >= 0.6 is 0 Å².